The molecule has 0 spiro atoms. The van der Waals surface area contributed by atoms with E-state index >= 15 is 0 Å². The number of benzene rings is 1. The molecule has 4 N–H and O–H groups in total. The fourth-order valence-corrected chi connectivity index (χ4v) is 3.38. The highest BCUT2D eigenvalue weighted by Crippen LogP contribution is 2.23. The standard InChI is InChI=1S/C14H21N3O2S2/c1-10-4-2-3-5-13(10)17-14(20)16-11-6-8-12(9-7-11)21(15,18)19/h6-10,13H,2-5H2,1H3,(H2,15,18,19)(H2,16,17,20)/t10-,13-/m1/s1. The van der Waals surface area contributed by atoms with E-state index in [0.29, 0.717) is 17.1 Å². The van der Waals surface area contributed by atoms with E-state index in [2.05, 4.69) is 17.6 Å². The lowest BCUT2D eigenvalue weighted by molar-refractivity contribution is 0.309. The summed E-state index contributed by atoms with van der Waals surface area (Å²) >= 11 is 5.31. The van der Waals surface area contributed by atoms with E-state index in [9.17, 15) is 8.42 Å². The Kier molecular flexibility index (Phi) is 5.18. The van der Waals surface area contributed by atoms with Crippen molar-refractivity contribution in [3.63, 3.8) is 0 Å². The van der Waals surface area contributed by atoms with Crippen LogP contribution in [-0.2, 0) is 10.0 Å². The molecular formula is C14H21N3O2S2. The lowest BCUT2D eigenvalue weighted by Crippen LogP contribution is -2.43. The number of anilines is 1. The molecule has 1 fully saturated rings. The first-order valence-corrected chi connectivity index (χ1v) is 9.02. The van der Waals surface area contributed by atoms with Crippen LogP contribution in [0.25, 0.3) is 0 Å². The van der Waals surface area contributed by atoms with Crippen LogP contribution in [0.3, 0.4) is 0 Å². The summed E-state index contributed by atoms with van der Waals surface area (Å²) in [6.45, 7) is 2.24. The summed E-state index contributed by atoms with van der Waals surface area (Å²) in [6.07, 6.45) is 4.87. The second-order valence-corrected chi connectivity index (χ2v) is 7.51. The maximum absolute atomic E-state index is 11.2. The topological polar surface area (TPSA) is 84.2 Å². The minimum Gasteiger partial charge on any atom is -0.359 e. The molecule has 1 aromatic carbocycles. The Morgan fingerprint density at radius 2 is 1.86 bits per heavy atom. The van der Waals surface area contributed by atoms with Crippen LogP contribution in [0.4, 0.5) is 5.69 Å². The van der Waals surface area contributed by atoms with Crippen LogP contribution in [0, 0.1) is 5.92 Å². The zero-order chi connectivity index (χ0) is 15.5. The second-order valence-electron chi connectivity index (χ2n) is 5.54. The van der Waals surface area contributed by atoms with Gasteiger partial charge < -0.3 is 10.6 Å². The third-order valence-corrected chi connectivity index (χ3v) is 5.02. The predicted molar refractivity (Wildman–Crippen MR) is 88.6 cm³/mol. The largest absolute Gasteiger partial charge is 0.359 e. The van der Waals surface area contributed by atoms with Crippen LogP contribution in [0.2, 0.25) is 0 Å². The van der Waals surface area contributed by atoms with E-state index in [1.165, 1.54) is 31.4 Å². The molecule has 2 atom stereocenters. The van der Waals surface area contributed by atoms with Crippen LogP contribution >= 0.6 is 12.2 Å². The van der Waals surface area contributed by atoms with Gasteiger partial charge in [0.1, 0.15) is 0 Å². The van der Waals surface area contributed by atoms with Crippen molar-refractivity contribution in [1.29, 1.82) is 0 Å². The highest BCUT2D eigenvalue weighted by atomic mass is 32.2. The number of rotatable bonds is 3. The van der Waals surface area contributed by atoms with Crippen molar-refractivity contribution >= 4 is 33.0 Å². The van der Waals surface area contributed by atoms with Crippen molar-refractivity contribution in [3.05, 3.63) is 24.3 Å². The highest BCUT2D eigenvalue weighted by molar-refractivity contribution is 7.89. The number of thiocarbonyl (C=S) groups is 1. The Morgan fingerprint density at radius 3 is 2.43 bits per heavy atom. The molecule has 0 saturated heterocycles. The molecule has 0 aliphatic heterocycles. The van der Waals surface area contributed by atoms with E-state index < -0.39 is 10.0 Å². The summed E-state index contributed by atoms with van der Waals surface area (Å²) in [5, 5.41) is 12.0. The molecule has 2 rings (SSSR count). The van der Waals surface area contributed by atoms with Gasteiger partial charge in [-0.05, 0) is 55.2 Å². The molecule has 5 nitrogen and oxygen atoms in total. The SMILES string of the molecule is C[C@@H]1CCCC[C@H]1NC(=S)Nc1ccc(S(N)(=O)=O)cc1. The Hall–Kier alpha value is -1.18. The molecule has 1 aliphatic rings. The van der Waals surface area contributed by atoms with Gasteiger partial charge in [-0.15, -0.1) is 0 Å². The number of nitrogens with two attached hydrogens (primary N) is 1. The second kappa shape index (κ2) is 6.72. The molecule has 1 aromatic rings. The molecule has 0 bridgehead atoms. The van der Waals surface area contributed by atoms with Crippen molar-refractivity contribution in [3.8, 4) is 0 Å². The van der Waals surface area contributed by atoms with Gasteiger partial charge in [-0.25, -0.2) is 13.6 Å². The molecule has 1 aliphatic carbocycles. The molecule has 0 unspecified atom stereocenters. The maximum Gasteiger partial charge on any atom is 0.238 e. The molecule has 0 radical (unpaired) electrons. The van der Waals surface area contributed by atoms with Gasteiger partial charge in [0, 0.05) is 11.7 Å². The van der Waals surface area contributed by atoms with Gasteiger partial charge in [-0.1, -0.05) is 19.8 Å². The van der Waals surface area contributed by atoms with Gasteiger partial charge >= 0.3 is 0 Å². The van der Waals surface area contributed by atoms with Crippen molar-refractivity contribution in [2.75, 3.05) is 5.32 Å². The van der Waals surface area contributed by atoms with Gasteiger partial charge in [0.25, 0.3) is 0 Å². The predicted octanol–water partition coefficient (Wildman–Crippen LogP) is 2.20. The summed E-state index contributed by atoms with van der Waals surface area (Å²) in [4.78, 5) is 0.0906. The van der Waals surface area contributed by atoms with Crippen LogP contribution < -0.4 is 15.8 Å². The fraction of sp³-hybridized carbons (Fsp3) is 0.500. The zero-order valence-electron chi connectivity index (χ0n) is 12.0. The molecule has 21 heavy (non-hydrogen) atoms. The van der Waals surface area contributed by atoms with Crippen molar-refractivity contribution in [1.82, 2.24) is 5.32 Å². The molecule has 0 amide bonds. The molecule has 7 heteroatoms. The third-order valence-electron chi connectivity index (χ3n) is 3.87. The van der Waals surface area contributed by atoms with Gasteiger partial charge in [0.2, 0.25) is 10.0 Å². The minimum atomic E-state index is -3.65. The van der Waals surface area contributed by atoms with Gasteiger partial charge in [-0.2, -0.15) is 0 Å². The monoisotopic (exact) mass is 327 g/mol. The quantitative estimate of drug-likeness (QED) is 0.741. The minimum absolute atomic E-state index is 0.0906. The van der Waals surface area contributed by atoms with Crippen LogP contribution in [-0.4, -0.2) is 19.6 Å². The average Bonchev–Trinajstić information content (AvgIpc) is 2.41. The van der Waals surface area contributed by atoms with Crippen LogP contribution in [0.1, 0.15) is 32.6 Å². The average molecular weight is 327 g/mol. The third kappa shape index (κ3) is 4.66. The molecule has 116 valence electrons. The zero-order valence-corrected chi connectivity index (χ0v) is 13.6. The first kappa shape index (κ1) is 16.2. The Labute approximate surface area is 131 Å². The van der Waals surface area contributed by atoms with Crippen LogP contribution in [0.15, 0.2) is 29.2 Å². The van der Waals surface area contributed by atoms with Crippen molar-refractivity contribution in [2.24, 2.45) is 11.1 Å². The van der Waals surface area contributed by atoms with Gasteiger partial charge in [0.05, 0.1) is 4.90 Å². The first-order chi connectivity index (χ1) is 9.86. The number of nitrogens with one attached hydrogen (secondary N) is 2. The van der Waals surface area contributed by atoms with Crippen LogP contribution in [0.5, 0.6) is 0 Å². The Morgan fingerprint density at radius 1 is 1.24 bits per heavy atom. The summed E-state index contributed by atoms with van der Waals surface area (Å²) in [7, 11) is -3.65. The smallest absolute Gasteiger partial charge is 0.238 e. The van der Waals surface area contributed by atoms with Gasteiger partial charge in [-0.3, -0.25) is 0 Å². The fourth-order valence-electron chi connectivity index (χ4n) is 2.59. The normalized spacial score (nSPS) is 22.6. The number of primary sulfonamides is 1. The Balaban J connectivity index is 1.93. The molecular weight excluding hydrogens is 306 g/mol. The van der Waals surface area contributed by atoms with E-state index in [1.807, 2.05) is 0 Å². The van der Waals surface area contributed by atoms with E-state index in [-0.39, 0.29) is 4.90 Å². The van der Waals surface area contributed by atoms with E-state index in [1.54, 1.807) is 12.1 Å². The number of hydrogen-bond donors (Lipinski definition) is 3. The molecule has 0 heterocycles. The van der Waals surface area contributed by atoms with Crippen molar-refractivity contribution < 1.29 is 8.42 Å². The van der Waals surface area contributed by atoms with Crippen molar-refractivity contribution in [2.45, 2.75) is 43.5 Å². The number of sulfonamides is 1. The Bertz CT molecular complexity index is 599. The highest BCUT2D eigenvalue weighted by Gasteiger charge is 2.21. The van der Waals surface area contributed by atoms with E-state index in [0.717, 1.165) is 12.1 Å². The molecule has 1 saturated carbocycles. The lowest BCUT2D eigenvalue weighted by Gasteiger charge is -2.30. The maximum atomic E-state index is 11.2. The van der Waals surface area contributed by atoms with Gasteiger partial charge in [0.15, 0.2) is 5.11 Å². The number of hydrogen-bond acceptors (Lipinski definition) is 3. The molecule has 0 aromatic heterocycles. The summed E-state index contributed by atoms with van der Waals surface area (Å²) in [5.41, 5.74) is 0.739. The summed E-state index contributed by atoms with van der Waals surface area (Å²) in [6, 6.07) is 6.63. The first-order valence-electron chi connectivity index (χ1n) is 7.06. The lowest BCUT2D eigenvalue weighted by atomic mass is 9.86. The summed E-state index contributed by atoms with van der Waals surface area (Å²) < 4.78 is 22.4. The van der Waals surface area contributed by atoms with E-state index in [4.69, 9.17) is 17.4 Å². The summed E-state index contributed by atoms with van der Waals surface area (Å²) in [5.74, 6) is 0.614.